The first kappa shape index (κ1) is 22.3. The van der Waals surface area contributed by atoms with Crippen LogP contribution in [0.25, 0.3) is 10.6 Å². The van der Waals surface area contributed by atoms with Gasteiger partial charge in [0, 0.05) is 0 Å². The molecule has 0 amide bonds. The van der Waals surface area contributed by atoms with Crippen molar-refractivity contribution in [2.45, 2.75) is 103 Å². The third-order valence-electron chi connectivity index (χ3n) is 4.69. The van der Waals surface area contributed by atoms with Crippen molar-refractivity contribution < 1.29 is 17.0 Å². The van der Waals surface area contributed by atoms with Crippen molar-refractivity contribution in [2.75, 3.05) is 0 Å². The molecule has 2 saturated carbocycles. The van der Waals surface area contributed by atoms with E-state index in [9.17, 15) is 0 Å². The number of halogens is 2. The molecule has 5 heteroatoms. The van der Waals surface area contributed by atoms with Gasteiger partial charge in [0.25, 0.3) is 0 Å². The average Bonchev–Trinajstić information content (AvgIpc) is 2.36. The zero-order valence-corrected chi connectivity index (χ0v) is 18.8. The molecule has 0 saturated heterocycles. The van der Waals surface area contributed by atoms with Gasteiger partial charge < -0.3 is 10.6 Å². The molecule has 0 bridgehead atoms. The van der Waals surface area contributed by atoms with Crippen molar-refractivity contribution in [1.29, 1.82) is 0 Å². The first-order chi connectivity index (χ1) is 10.6. The van der Waals surface area contributed by atoms with Gasteiger partial charge >= 0.3 is 35.6 Å². The van der Waals surface area contributed by atoms with Gasteiger partial charge in [0.05, 0.1) is 0 Å². The monoisotopic (exact) mass is 396 g/mol. The van der Waals surface area contributed by atoms with Crippen molar-refractivity contribution in [1.82, 2.24) is 0 Å². The molecular formula is C18H34Cl2N2Ti-2. The van der Waals surface area contributed by atoms with Gasteiger partial charge in [-0.25, -0.2) is 0 Å². The van der Waals surface area contributed by atoms with Gasteiger partial charge in [0.2, 0.25) is 0 Å². The fourth-order valence-corrected chi connectivity index (χ4v) is 4.27. The Bertz CT molecular complexity index is 309. The molecule has 0 N–H and O–H groups in total. The van der Waals surface area contributed by atoms with E-state index in [1.54, 1.807) is 0 Å². The molecule has 2 aliphatic carbocycles. The van der Waals surface area contributed by atoms with Gasteiger partial charge in [-0.1, -0.05) is 86.0 Å². The molecule has 0 aliphatic heterocycles. The standard InChI is InChI=1S/C18H34N2.2ClH.Ti/c1-17(2,3)19-14-11-7-9-13-10-8-12-15(16(13)14)20-18(4,5)6;;;/h13-16H,7-12H2,1-6H3;2*1H;/q-2;;;+2/p-2. The third kappa shape index (κ3) is 8.43. The molecule has 2 nitrogen and oxygen atoms in total. The van der Waals surface area contributed by atoms with E-state index in [-0.39, 0.29) is 11.1 Å². The summed E-state index contributed by atoms with van der Waals surface area (Å²) in [5, 5.41) is 10.3. The number of rotatable bonds is 2. The molecule has 2 unspecified atom stereocenters. The van der Waals surface area contributed by atoms with E-state index in [2.05, 4.69) is 41.5 Å². The van der Waals surface area contributed by atoms with Gasteiger partial charge in [-0.15, -0.1) is 23.2 Å². The number of hydrogen-bond donors (Lipinski definition) is 0. The Morgan fingerprint density at radius 2 is 1.09 bits per heavy atom. The molecule has 2 aliphatic rings. The van der Waals surface area contributed by atoms with Crippen LogP contribution in [0.3, 0.4) is 0 Å². The van der Waals surface area contributed by atoms with Gasteiger partial charge in [-0.3, -0.25) is 0 Å². The zero-order valence-electron chi connectivity index (χ0n) is 15.7. The Labute approximate surface area is 160 Å². The fourth-order valence-electron chi connectivity index (χ4n) is 4.27. The van der Waals surface area contributed by atoms with Crippen molar-refractivity contribution in [3.8, 4) is 0 Å². The van der Waals surface area contributed by atoms with Crippen molar-refractivity contribution in [2.24, 2.45) is 11.8 Å². The predicted octanol–water partition coefficient (Wildman–Crippen LogP) is 7.04. The molecule has 0 radical (unpaired) electrons. The minimum atomic E-state index is -0.556. The Morgan fingerprint density at radius 3 is 1.39 bits per heavy atom. The number of fused-ring (bicyclic) bond motifs is 1. The van der Waals surface area contributed by atoms with E-state index < -0.39 is 17.0 Å². The summed E-state index contributed by atoms with van der Waals surface area (Å²) in [6, 6.07) is 1.09. The van der Waals surface area contributed by atoms with E-state index in [0.29, 0.717) is 12.1 Å². The maximum absolute atomic E-state index is 5.17. The molecule has 2 fully saturated rings. The van der Waals surface area contributed by atoms with Crippen molar-refractivity contribution >= 4 is 18.6 Å². The van der Waals surface area contributed by atoms with Crippen LogP contribution in [0.1, 0.15) is 80.1 Å². The Hall–Kier alpha value is 1.21. The topological polar surface area (TPSA) is 28.2 Å². The van der Waals surface area contributed by atoms with Gasteiger partial charge in [-0.2, -0.15) is 0 Å². The summed E-state index contributed by atoms with van der Waals surface area (Å²) < 4.78 is 0. The summed E-state index contributed by atoms with van der Waals surface area (Å²) in [7, 11) is 9.78. The summed E-state index contributed by atoms with van der Waals surface area (Å²) in [4.78, 5) is 0. The Morgan fingerprint density at radius 1 is 0.739 bits per heavy atom. The first-order valence-electron chi connectivity index (χ1n) is 8.97. The predicted molar refractivity (Wildman–Crippen MR) is 100 cm³/mol. The van der Waals surface area contributed by atoms with E-state index in [1.807, 2.05) is 0 Å². The van der Waals surface area contributed by atoms with Crippen LogP contribution in [0, 0.1) is 11.8 Å². The maximum atomic E-state index is 5.17. The number of hydrogen-bond acceptors (Lipinski definition) is 0. The second-order valence-corrected chi connectivity index (χ2v) is 11.6. The van der Waals surface area contributed by atoms with Crippen LogP contribution in [0.15, 0.2) is 0 Å². The normalized spacial score (nSPS) is 31.7. The Balaban J connectivity index is 0.000000816. The quantitative estimate of drug-likeness (QED) is 0.447. The SMILES string of the molecule is CC(C)(C)[N-]C1CCCC2CCCC([N-]C(C)(C)C)C21.[Cl][Ti][Cl]. The van der Waals surface area contributed by atoms with Crippen LogP contribution in [0.5, 0.6) is 0 Å². The van der Waals surface area contributed by atoms with Gasteiger partial charge in [0.15, 0.2) is 0 Å². The van der Waals surface area contributed by atoms with Crippen LogP contribution in [-0.4, -0.2) is 23.2 Å². The molecule has 0 aromatic rings. The van der Waals surface area contributed by atoms with Crippen LogP contribution in [-0.2, 0) is 17.0 Å². The molecule has 0 aromatic carbocycles. The molecule has 2 atom stereocenters. The van der Waals surface area contributed by atoms with Crippen molar-refractivity contribution in [3.05, 3.63) is 10.6 Å². The minimum absolute atomic E-state index is 0.0935. The van der Waals surface area contributed by atoms with Gasteiger partial charge in [-0.05, 0) is 5.92 Å². The summed E-state index contributed by atoms with van der Waals surface area (Å²) >= 11 is -0.556. The average molecular weight is 397 g/mol. The summed E-state index contributed by atoms with van der Waals surface area (Å²) in [5.41, 5.74) is 0.187. The van der Waals surface area contributed by atoms with E-state index in [1.165, 1.54) is 38.5 Å². The second kappa shape index (κ2) is 9.79. The molecule has 0 heterocycles. The molecule has 0 spiro atoms. The summed E-state index contributed by atoms with van der Waals surface area (Å²) in [6.45, 7) is 13.5. The zero-order chi connectivity index (χ0) is 17.7. The van der Waals surface area contributed by atoms with Crippen molar-refractivity contribution in [3.63, 3.8) is 0 Å². The summed E-state index contributed by atoms with van der Waals surface area (Å²) in [6.07, 6.45) is 8.14. The van der Waals surface area contributed by atoms with E-state index in [4.69, 9.17) is 29.2 Å². The van der Waals surface area contributed by atoms with Gasteiger partial charge in [0.1, 0.15) is 0 Å². The first-order valence-corrected chi connectivity index (χ1v) is 13.3. The second-order valence-electron chi connectivity index (χ2n) is 9.01. The van der Waals surface area contributed by atoms with Crippen LogP contribution in [0.4, 0.5) is 0 Å². The number of nitrogens with zero attached hydrogens (tertiary/aromatic N) is 2. The molecule has 2 rings (SSSR count). The molecule has 0 aromatic heterocycles. The van der Waals surface area contributed by atoms with Crippen LogP contribution < -0.4 is 0 Å². The fraction of sp³-hybridized carbons (Fsp3) is 1.00. The third-order valence-corrected chi connectivity index (χ3v) is 4.69. The van der Waals surface area contributed by atoms with E-state index in [0.717, 1.165) is 11.8 Å². The molecule has 136 valence electrons. The van der Waals surface area contributed by atoms with Crippen LogP contribution in [0.2, 0.25) is 0 Å². The van der Waals surface area contributed by atoms with Crippen LogP contribution >= 0.6 is 18.6 Å². The van der Waals surface area contributed by atoms with E-state index >= 15 is 0 Å². The Kier molecular flexibility index (Phi) is 9.47. The summed E-state index contributed by atoms with van der Waals surface area (Å²) in [5.74, 6) is 1.60. The molecule has 23 heavy (non-hydrogen) atoms. The molecular weight excluding hydrogens is 363 g/mol.